The van der Waals surface area contributed by atoms with E-state index in [0.717, 1.165) is 41.8 Å². The smallest absolute Gasteiger partial charge is 0.274 e. The van der Waals surface area contributed by atoms with Gasteiger partial charge in [-0.05, 0) is 43.0 Å². The molecule has 9 heteroatoms. The fraction of sp³-hybridized carbons (Fsp3) is 0.375. The van der Waals surface area contributed by atoms with Gasteiger partial charge in [0.15, 0.2) is 0 Å². The highest BCUT2D eigenvalue weighted by atomic mass is 16.5. The van der Waals surface area contributed by atoms with Crippen molar-refractivity contribution in [3.63, 3.8) is 0 Å². The van der Waals surface area contributed by atoms with Gasteiger partial charge < -0.3 is 14.5 Å². The number of anilines is 1. The minimum atomic E-state index is -0.255. The van der Waals surface area contributed by atoms with Crippen LogP contribution in [0.25, 0.3) is 11.1 Å². The summed E-state index contributed by atoms with van der Waals surface area (Å²) >= 11 is 0. The van der Waals surface area contributed by atoms with E-state index in [1.54, 1.807) is 14.2 Å². The van der Waals surface area contributed by atoms with Crippen molar-refractivity contribution in [1.82, 2.24) is 24.6 Å². The van der Waals surface area contributed by atoms with E-state index in [9.17, 15) is 9.59 Å². The Labute approximate surface area is 192 Å². The first-order valence-corrected chi connectivity index (χ1v) is 10.9. The van der Waals surface area contributed by atoms with Crippen LogP contribution in [0.4, 0.5) is 5.95 Å². The van der Waals surface area contributed by atoms with Crippen LogP contribution < -0.4 is 15.2 Å². The molecule has 0 unspecified atom stereocenters. The van der Waals surface area contributed by atoms with Gasteiger partial charge in [0.1, 0.15) is 11.4 Å². The summed E-state index contributed by atoms with van der Waals surface area (Å²) in [6, 6.07) is 10.4. The lowest BCUT2D eigenvalue weighted by Crippen LogP contribution is -2.40. The van der Waals surface area contributed by atoms with Crippen LogP contribution in [0, 0.1) is 0 Å². The number of ether oxygens (including phenoxy) is 1. The number of amides is 1. The normalized spacial score (nSPS) is 15.9. The second-order valence-corrected chi connectivity index (χ2v) is 8.28. The number of likely N-dealkylation sites (tertiary alicyclic amines) is 1. The molecule has 0 radical (unpaired) electrons. The predicted octanol–water partition coefficient (Wildman–Crippen LogP) is 2.68. The van der Waals surface area contributed by atoms with Gasteiger partial charge in [-0.3, -0.25) is 9.59 Å². The number of hydrogen-bond donors (Lipinski definition) is 0. The number of benzene rings is 1. The summed E-state index contributed by atoms with van der Waals surface area (Å²) in [5.41, 5.74) is 2.62. The number of piperidine rings is 1. The third-order valence-corrected chi connectivity index (χ3v) is 5.87. The molecule has 0 bridgehead atoms. The van der Waals surface area contributed by atoms with E-state index in [1.165, 1.54) is 16.8 Å². The Balaban J connectivity index is 1.79. The zero-order valence-corrected chi connectivity index (χ0v) is 19.4. The second kappa shape index (κ2) is 9.40. The molecule has 1 aliphatic heterocycles. The molecule has 9 nitrogen and oxygen atoms in total. The van der Waals surface area contributed by atoms with Crippen molar-refractivity contribution >= 4 is 11.9 Å². The van der Waals surface area contributed by atoms with E-state index in [4.69, 9.17) is 9.72 Å². The highest BCUT2D eigenvalue weighted by Gasteiger charge is 2.33. The summed E-state index contributed by atoms with van der Waals surface area (Å²) in [5, 5.41) is 4.18. The van der Waals surface area contributed by atoms with Crippen molar-refractivity contribution in [2.24, 2.45) is 7.05 Å². The van der Waals surface area contributed by atoms with Crippen LogP contribution in [0.5, 0.6) is 5.75 Å². The molecule has 1 atom stereocenters. The molecule has 1 aromatic carbocycles. The van der Waals surface area contributed by atoms with Crippen molar-refractivity contribution in [3.05, 3.63) is 64.3 Å². The van der Waals surface area contributed by atoms with Crippen molar-refractivity contribution in [2.45, 2.75) is 25.3 Å². The van der Waals surface area contributed by atoms with Crippen LogP contribution in [0.2, 0.25) is 0 Å². The average molecular weight is 449 g/mol. The standard InChI is InChI=1S/C24H28N6O3/c1-28(2)24-25-15-18(16-8-10-17(33-4)11-9-16)22(26-24)20-7-5-6-14-30(20)23(32)19-12-13-21(31)29(3)27-19/h8-13,15,20H,5-7,14H2,1-4H3/t20-/m0/s1. The molecule has 3 aromatic rings. The Morgan fingerprint density at radius 3 is 2.55 bits per heavy atom. The lowest BCUT2D eigenvalue weighted by atomic mass is 9.93. The lowest BCUT2D eigenvalue weighted by molar-refractivity contribution is 0.0598. The molecular weight excluding hydrogens is 420 g/mol. The number of methoxy groups -OCH3 is 1. The number of nitrogens with zero attached hydrogens (tertiary/aromatic N) is 6. The molecule has 0 saturated carbocycles. The van der Waals surface area contributed by atoms with E-state index in [0.29, 0.717) is 12.5 Å². The minimum absolute atomic E-state index is 0.207. The predicted molar refractivity (Wildman–Crippen MR) is 125 cm³/mol. The molecule has 4 rings (SSSR count). The summed E-state index contributed by atoms with van der Waals surface area (Å²) in [5.74, 6) is 1.14. The summed E-state index contributed by atoms with van der Waals surface area (Å²) in [6.45, 7) is 0.595. The summed E-state index contributed by atoms with van der Waals surface area (Å²) in [6.07, 6.45) is 4.49. The molecule has 0 N–H and O–H groups in total. The van der Waals surface area contributed by atoms with Crippen molar-refractivity contribution < 1.29 is 9.53 Å². The first-order chi connectivity index (χ1) is 15.9. The molecule has 1 fully saturated rings. The van der Waals surface area contributed by atoms with E-state index in [1.807, 2.05) is 54.4 Å². The van der Waals surface area contributed by atoms with Gasteiger partial charge in [-0.15, -0.1) is 0 Å². The van der Waals surface area contributed by atoms with Gasteiger partial charge in [0.05, 0.1) is 18.8 Å². The molecule has 1 amide bonds. The number of hydrogen-bond acceptors (Lipinski definition) is 7. The van der Waals surface area contributed by atoms with Crippen molar-refractivity contribution in [1.29, 1.82) is 0 Å². The molecule has 1 saturated heterocycles. The monoisotopic (exact) mass is 448 g/mol. The molecule has 0 spiro atoms. The van der Waals surface area contributed by atoms with Crippen LogP contribution in [0.1, 0.15) is 41.5 Å². The number of carbonyl (C=O) groups excluding carboxylic acids is 1. The van der Waals surface area contributed by atoms with Gasteiger partial charge in [0, 0.05) is 45.5 Å². The molecule has 1 aliphatic rings. The van der Waals surface area contributed by atoms with Gasteiger partial charge >= 0.3 is 0 Å². The maximum Gasteiger partial charge on any atom is 0.274 e. The van der Waals surface area contributed by atoms with E-state index >= 15 is 0 Å². The maximum absolute atomic E-state index is 13.5. The lowest BCUT2D eigenvalue weighted by Gasteiger charge is -2.36. The third-order valence-electron chi connectivity index (χ3n) is 5.87. The zero-order valence-electron chi connectivity index (χ0n) is 19.4. The van der Waals surface area contributed by atoms with Crippen LogP contribution in [-0.2, 0) is 7.05 Å². The van der Waals surface area contributed by atoms with Crippen LogP contribution in [0.3, 0.4) is 0 Å². The number of aryl methyl sites for hydroxylation is 1. The Hall–Kier alpha value is -3.75. The van der Waals surface area contributed by atoms with Crippen LogP contribution in [0.15, 0.2) is 47.4 Å². The Morgan fingerprint density at radius 1 is 1.12 bits per heavy atom. The van der Waals surface area contributed by atoms with Crippen LogP contribution >= 0.6 is 0 Å². The molecule has 3 heterocycles. The fourth-order valence-electron chi connectivity index (χ4n) is 4.07. The second-order valence-electron chi connectivity index (χ2n) is 8.28. The first kappa shape index (κ1) is 22.4. The number of aromatic nitrogens is 4. The number of carbonyl (C=O) groups is 1. The average Bonchev–Trinajstić information content (AvgIpc) is 2.85. The first-order valence-electron chi connectivity index (χ1n) is 10.9. The maximum atomic E-state index is 13.5. The van der Waals surface area contributed by atoms with Crippen LogP contribution in [-0.4, -0.2) is 58.3 Å². The van der Waals surface area contributed by atoms with Gasteiger partial charge in [0.25, 0.3) is 11.5 Å². The molecular formula is C24H28N6O3. The van der Waals surface area contributed by atoms with E-state index in [-0.39, 0.29) is 23.2 Å². The van der Waals surface area contributed by atoms with Crippen molar-refractivity contribution in [2.75, 3.05) is 32.6 Å². The summed E-state index contributed by atoms with van der Waals surface area (Å²) in [7, 11) is 6.96. The summed E-state index contributed by atoms with van der Waals surface area (Å²) < 4.78 is 6.48. The SMILES string of the molecule is COc1ccc(-c2cnc(N(C)C)nc2[C@@H]2CCCCN2C(=O)c2ccc(=O)n(C)n2)cc1. The van der Waals surface area contributed by atoms with Gasteiger partial charge in [0.2, 0.25) is 5.95 Å². The fourth-order valence-corrected chi connectivity index (χ4v) is 4.07. The third kappa shape index (κ3) is 4.57. The zero-order chi connectivity index (χ0) is 23.5. The quantitative estimate of drug-likeness (QED) is 0.592. The number of rotatable bonds is 5. The Morgan fingerprint density at radius 2 is 1.88 bits per heavy atom. The molecule has 33 heavy (non-hydrogen) atoms. The minimum Gasteiger partial charge on any atom is -0.497 e. The molecule has 0 aliphatic carbocycles. The van der Waals surface area contributed by atoms with E-state index < -0.39 is 0 Å². The largest absolute Gasteiger partial charge is 0.497 e. The van der Waals surface area contributed by atoms with E-state index in [2.05, 4.69) is 10.1 Å². The molecule has 2 aromatic heterocycles. The van der Waals surface area contributed by atoms with Gasteiger partial charge in [-0.2, -0.15) is 5.10 Å². The Bertz CT molecular complexity index is 1210. The highest BCUT2D eigenvalue weighted by Crippen LogP contribution is 2.37. The topological polar surface area (TPSA) is 93.5 Å². The van der Waals surface area contributed by atoms with Crippen molar-refractivity contribution in [3.8, 4) is 16.9 Å². The van der Waals surface area contributed by atoms with Gasteiger partial charge in [-0.25, -0.2) is 14.6 Å². The highest BCUT2D eigenvalue weighted by molar-refractivity contribution is 5.92. The molecule has 172 valence electrons. The summed E-state index contributed by atoms with van der Waals surface area (Å²) in [4.78, 5) is 38.3. The Kier molecular flexibility index (Phi) is 6.39. The van der Waals surface area contributed by atoms with Gasteiger partial charge in [-0.1, -0.05) is 12.1 Å².